The Morgan fingerprint density at radius 2 is 1.69 bits per heavy atom. The van der Waals surface area contributed by atoms with E-state index in [-0.39, 0.29) is 29.4 Å². The number of nitrogens with zero attached hydrogens (tertiary/aromatic N) is 3. The van der Waals surface area contributed by atoms with Gasteiger partial charge in [0.15, 0.2) is 12.3 Å². The van der Waals surface area contributed by atoms with E-state index in [0.29, 0.717) is 26.2 Å². The summed E-state index contributed by atoms with van der Waals surface area (Å²) in [5.41, 5.74) is -0.470. The van der Waals surface area contributed by atoms with Crippen molar-refractivity contribution in [1.82, 2.24) is 9.80 Å². The van der Waals surface area contributed by atoms with Crippen molar-refractivity contribution in [3.63, 3.8) is 0 Å². The van der Waals surface area contributed by atoms with Gasteiger partial charge in [0.2, 0.25) is 0 Å². The molecule has 1 aliphatic carbocycles. The molecule has 2 amide bonds. The minimum absolute atomic E-state index is 0.147. The number of nitriles is 1. The van der Waals surface area contributed by atoms with Crippen LogP contribution < -0.4 is 0 Å². The van der Waals surface area contributed by atoms with Crippen LogP contribution in [0.15, 0.2) is 30.3 Å². The molecule has 0 bridgehead atoms. The summed E-state index contributed by atoms with van der Waals surface area (Å²) >= 11 is 0.986. The number of amides is 2. The van der Waals surface area contributed by atoms with Crippen LogP contribution in [0.4, 0.5) is 9.59 Å². The Hall–Kier alpha value is -2.48. The smallest absolute Gasteiger partial charge is 0.410 e. The average Bonchev–Trinajstić information content (AvgIpc) is 3.22. The molecule has 3 saturated heterocycles. The van der Waals surface area contributed by atoms with Gasteiger partial charge in [-0.1, -0.05) is 51.1 Å². The zero-order valence-corrected chi connectivity index (χ0v) is 22.5. The van der Waals surface area contributed by atoms with Crippen LogP contribution in [-0.2, 0) is 18.5 Å². The lowest BCUT2D eigenvalue weighted by atomic mass is 9.74. The molecule has 3 heterocycles. The van der Waals surface area contributed by atoms with Crippen molar-refractivity contribution in [2.75, 3.05) is 26.2 Å². The van der Waals surface area contributed by atoms with Crippen LogP contribution in [0.3, 0.4) is 0 Å². The molecule has 4 aliphatic rings. The topological polar surface area (TPSA) is 112 Å². The molecule has 0 radical (unpaired) electrons. The molecule has 0 aromatic heterocycles. The molecule has 5 rings (SSSR count). The Kier molecular flexibility index (Phi) is 6.73. The standard InChI is InChI=1S/C17H20N2O2.C9H15NO4S/c1-16(2,3)21-15(20)19-9-13-14(10-19)17(13,11-18)12-7-5-4-6-8-12;1-8(2,3)9-5-10(7(11)12)4-6(9)13-15-14-9/h4-8,13-14H,9-10H2,1-3H3;6H,4-5H2,1-3H3,(H,11,12)/t13-,14+,17?;. The number of carboxylic acid groups (broad SMARTS) is 1. The van der Waals surface area contributed by atoms with Gasteiger partial charge in [-0.05, 0) is 31.7 Å². The quantitative estimate of drug-likeness (QED) is 0.534. The number of fused-ring (bicyclic) bond motifs is 2. The fourth-order valence-corrected chi connectivity index (χ4v) is 6.46. The predicted molar refractivity (Wildman–Crippen MR) is 134 cm³/mol. The maximum Gasteiger partial charge on any atom is 0.410 e. The number of benzene rings is 1. The minimum atomic E-state index is -0.912. The van der Waals surface area contributed by atoms with Crippen LogP contribution in [-0.4, -0.2) is 70.6 Å². The van der Waals surface area contributed by atoms with Crippen molar-refractivity contribution >= 4 is 24.5 Å². The maximum atomic E-state index is 12.1. The lowest BCUT2D eigenvalue weighted by Crippen LogP contribution is -2.51. The van der Waals surface area contributed by atoms with Gasteiger partial charge in [0.25, 0.3) is 0 Å². The Balaban J connectivity index is 0.000000179. The molecule has 1 aromatic rings. The fourth-order valence-electron chi connectivity index (χ4n) is 5.58. The molecule has 0 spiro atoms. The maximum absolute atomic E-state index is 12.1. The van der Waals surface area contributed by atoms with Crippen molar-refractivity contribution in [2.45, 2.75) is 64.3 Å². The highest BCUT2D eigenvalue weighted by atomic mass is 32.2. The third-order valence-electron chi connectivity index (χ3n) is 7.68. The molecule has 1 N–H and O–H groups in total. The Bertz CT molecular complexity index is 1030. The average molecular weight is 518 g/mol. The van der Waals surface area contributed by atoms with Crippen molar-refractivity contribution in [1.29, 1.82) is 5.26 Å². The molecule has 4 fully saturated rings. The molecule has 196 valence electrons. The van der Waals surface area contributed by atoms with Gasteiger partial charge in [0.05, 0.1) is 24.6 Å². The number of carbonyl (C=O) groups is 2. The molecular weight excluding hydrogens is 482 g/mol. The minimum Gasteiger partial charge on any atom is -0.465 e. The second-order valence-corrected chi connectivity index (χ2v) is 12.5. The summed E-state index contributed by atoms with van der Waals surface area (Å²) in [6.07, 6.45) is -1.35. The highest BCUT2D eigenvalue weighted by Gasteiger charge is 2.70. The summed E-state index contributed by atoms with van der Waals surface area (Å²) in [6.45, 7) is 13.7. The summed E-state index contributed by atoms with van der Waals surface area (Å²) in [5.74, 6) is 0.467. The number of hydrogen-bond acceptors (Lipinski definition) is 7. The normalized spacial score (nSPS) is 32.6. The summed E-state index contributed by atoms with van der Waals surface area (Å²) in [4.78, 5) is 26.1. The Morgan fingerprint density at radius 1 is 1.08 bits per heavy atom. The molecule has 1 aromatic carbocycles. The van der Waals surface area contributed by atoms with Crippen molar-refractivity contribution in [2.24, 2.45) is 17.3 Å². The van der Waals surface area contributed by atoms with E-state index in [4.69, 9.17) is 18.2 Å². The van der Waals surface area contributed by atoms with Gasteiger partial charge in [-0.25, -0.2) is 9.59 Å². The number of hydrogen-bond donors (Lipinski definition) is 1. The van der Waals surface area contributed by atoms with Gasteiger partial charge in [-0.3, -0.25) is 8.37 Å². The van der Waals surface area contributed by atoms with Crippen LogP contribution in [0.1, 0.15) is 47.1 Å². The van der Waals surface area contributed by atoms with Gasteiger partial charge in [-0.15, -0.1) is 0 Å². The molecule has 10 heteroatoms. The Labute approximate surface area is 217 Å². The van der Waals surface area contributed by atoms with Crippen molar-refractivity contribution in [3.05, 3.63) is 35.9 Å². The van der Waals surface area contributed by atoms with Crippen LogP contribution in [0.5, 0.6) is 0 Å². The molecule has 36 heavy (non-hydrogen) atoms. The number of likely N-dealkylation sites (tertiary alicyclic amines) is 2. The van der Waals surface area contributed by atoms with Crippen LogP contribution in [0.25, 0.3) is 0 Å². The van der Waals surface area contributed by atoms with Gasteiger partial charge in [0.1, 0.15) is 17.3 Å². The highest BCUT2D eigenvalue weighted by Crippen LogP contribution is 2.63. The summed E-state index contributed by atoms with van der Waals surface area (Å²) in [6, 6.07) is 12.4. The third-order valence-corrected chi connectivity index (χ3v) is 8.36. The number of piperidine rings is 1. The van der Waals surface area contributed by atoms with E-state index in [0.717, 1.165) is 17.9 Å². The van der Waals surface area contributed by atoms with Crippen molar-refractivity contribution in [3.8, 4) is 6.07 Å². The van der Waals surface area contributed by atoms with Gasteiger partial charge in [-0.2, -0.15) is 5.26 Å². The predicted octanol–water partition coefficient (Wildman–Crippen LogP) is 4.69. The number of ether oxygens (including phenoxy) is 1. The first-order valence-corrected chi connectivity index (χ1v) is 12.9. The molecule has 3 aliphatic heterocycles. The van der Waals surface area contributed by atoms with Gasteiger partial charge < -0.3 is 19.6 Å². The fraction of sp³-hybridized carbons (Fsp3) is 0.654. The summed E-state index contributed by atoms with van der Waals surface area (Å²) in [5, 5.41) is 18.6. The second kappa shape index (κ2) is 9.12. The first-order valence-electron chi connectivity index (χ1n) is 12.2. The third kappa shape index (κ3) is 4.53. The zero-order valence-electron chi connectivity index (χ0n) is 21.7. The molecule has 5 atom stereocenters. The lowest BCUT2D eigenvalue weighted by molar-refractivity contribution is -0.0246. The molecule has 9 nitrogen and oxygen atoms in total. The first kappa shape index (κ1) is 26.6. The lowest BCUT2D eigenvalue weighted by Gasteiger charge is -2.37. The van der Waals surface area contributed by atoms with E-state index in [1.54, 1.807) is 4.90 Å². The second-order valence-electron chi connectivity index (χ2n) is 12.0. The van der Waals surface area contributed by atoms with E-state index in [1.807, 2.05) is 71.9 Å². The first-order chi connectivity index (χ1) is 16.7. The van der Waals surface area contributed by atoms with E-state index in [9.17, 15) is 14.9 Å². The van der Waals surface area contributed by atoms with E-state index >= 15 is 0 Å². The van der Waals surface area contributed by atoms with E-state index < -0.39 is 22.7 Å². The monoisotopic (exact) mass is 517 g/mol. The molecule has 3 unspecified atom stereocenters. The Morgan fingerprint density at radius 3 is 2.17 bits per heavy atom. The van der Waals surface area contributed by atoms with Crippen LogP contribution >= 0.6 is 12.3 Å². The highest BCUT2D eigenvalue weighted by molar-refractivity contribution is 7.90. The summed E-state index contributed by atoms with van der Waals surface area (Å²) in [7, 11) is 0. The molecule has 1 saturated carbocycles. The van der Waals surface area contributed by atoms with Crippen LogP contribution in [0, 0.1) is 28.6 Å². The molecular formula is C26H35N3O6S. The van der Waals surface area contributed by atoms with E-state index in [1.165, 1.54) is 4.90 Å². The largest absolute Gasteiger partial charge is 0.465 e. The van der Waals surface area contributed by atoms with Crippen LogP contribution in [0.2, 0.25) is 0 Å². The number of carbonyl (C=O) groups excluding carboxylic acids is 1. The van der Waals surface area contributed by atoms with Gasteiger partial charge in [0, 0.05) is 24.9 Å². The number of rotatable bonds is 1. The van der Waals surface area contributed by atoms with Crippen molar-refractivity contribution < 1.29 is 27.8 Å². The zero-order chi connectivity index (χ0) is 26.5. The van der Waals surface area contributed by atoms with E-state index in [2.05, 4.69) is 6.07 Å². The SMILES string of the molecule is CC(C)(C)C12CN(C(=O)O)CC1OSO2.CC(C)(C)OC(=O)N1C[C@@H]2[C@H](C1)C2(C#N)c1ccccc1. The summed E-state index contributed by atoms with van der Waals surface area (Å²) < 4.78 is 16.4. The van der Waals surface area contributed by atoms with Gasteiger partial charge >= 0.3 is 12.2 Å².